The van der Waals surface area contributed by atoms with Crippen LogP contribution in [0.15, 0.2) is 48.5 Å². The molecule has 0 saturated carbocycles. The lowest BCUT2D eigenvalue weighted by molar-refractivity contribution is 0.817. The van der Waals surface area contributed by atoms with E-state index in [-0.39, 0.29) is 0 Å². The first-order chi connectivity index (χ1) is 14.6. The second kappa shape index (κ2) is 7.98. The maximum absolute atomic E-state index is 6.55. The summed E-state index contributed by atoms with van der Waals surface area (Å²) in [6.45, 7) is 1.82. The number of hydrogen-bond acceptors (Lipinski definition) is 6. The van der Waals surface area contributed by atoms with E-state index >= 15 is 0 Å². The smallest absolute Gasteiger partial charge is 0.228 e. The van der Waals surface area contributed by atoms with Gasteiger partial charge in [0.15, 0.2) is 5.65 Å². The quantitative estimate of drug-likeness (QED) is 0.471. The fourth-order valence-corrected chi connectivity index (χ4v) is 4.72. The third kappa shape index (κ3) is 3.47. The highest BCUT2D eigenvalue weighted by Gasteiger charge is 2.22. The summed E-state index contributed by atoms with van der Waals surface area (Å²) < 4.78 is 1.64. The van der Waals surface area contributed by atoms with Gasteiger partial charge in [-0.2, -0.15) is 16.7 Å². The van der Waals surface area contributed by atoms with Crippen molar-refractivity contribution >= 4 is 57.8 Å². The van der Waals surface area contributed by atoms with Gasteiger partial charge in [-0.25, -0.2) is 9.67 Å². The Morgan fingerprint density at radius 2 is 1.70 bits per heavy atom. The molecule has 0 spiro atoms. The Hall–Kier alpha value is -2.48. The van der Waals surface area contributed by atoms with Crippen molar-refractivity contribution in [2.75, 3.05) is 35.2 Å². The molecule has 0 bridgehead atoms. The lowest BCUT2D eigenvalue weighted by atomic mass is 10.1. The highest BCUT2D eigenvalue weighted by molar-refractivity contribution is 7.99. The van der Waals surface area contributed by atoms with E-state index in [1.165, 1.54) is 0 Å². The van der Waals surface area contributed by atoms with Crippen LogP contribution in [0.3, 0.4) is 0 Å². The SMILES string of the molecule is Nc1c2c(-c3ccccc3)nc(N3CCSCC3)nc2nn1-c1ccc(Cl)c(Cl)c1. The summed E-state index contributed by atoms with van der Waals surface area (Å²) in [5, 5.41) is 6.34. The van der Waals surface area contributed by atoms with Crippen molar-refractivity contribution in [2.45, 2.75) is 0 Å². The Balaban J connectivity index is 1.74. The number of benzene rings is 2. The van der Waals surface area contributed by atoms with Gasteiger partial charge in [0.25, 0.3) is 0 Å². The van der Waals surface area contributed by atoms with Crippen LogP contribution in [0.1, 0.15) is 0 Å². The number of hydrogen-bond donors (Lipinski definition) is 1. The zero-order chi connectivity index (χ0) is 20.7. The highest BCUT2D eigenvalue weighted by Crippen LogP contribution is 2.34. The van der Waals surface area contributed by atoms with Crippen LogP contribution in [0.2, 0.25) is 10.0 Å². The Bertz CT molecular complexity index is 1220. The molecule has 0 atom stereocenters. The summed E-state index contributed by atoms with van der Waals surface area (Å²) >= 11 is 14.2. The van der Waals surface area contributed by atoms with Crippen molar-refractivity contribution in [3.63, 3.8) is 0 Å². The molecule has 1 aliphatic heterocycles. The summed E-state index contributed by atoms with van der Waals surface area (Å²) in [6.07, 6.45) is 0. The number of aromatic nitrogens is 4. The molecular formula is C21H18Cl2N6S. The average molecular weight is 457 g/mol. The molecule has 0 amide bonds. The minimum Gasteiger partial charge on any atom is -0.383 e. The Kier molecular flexibility index (Phi) is 5.18. The van der Waals surface area contributed by atoms with E-state index in [0.29, 0.717) is 27.5 Å². The number of thioether (sulfide) groups is 1. The molecule has 1 aliphatic rings. The maximum Gasteiger partial charge on any atom is 0.228 e. The van der Waals surface area contributed by atoms with Crippen molar-refractivity contribution in [1.82, 2.24) is 19.7 Å². The fourth-order valence-electron chi connectivity index (χ4n) is 3.52. The molecule has 3 heterocycles. The second-order valence-corrected chi connectivity index (χ2v) is 8.97. The number of nitrogen functional groups attached to an aromatic ring is 1. The van der Waals surface area contributed by atoms with E-state index in [1.807, 2.05) is 48.2 Å². The van der Waals surface area contributed by atoms with Crippen molar-refractivity contribution in [2.24, 2.45) is 0 Å². The Labute approximate surface area is 188 Å². The number of rotatable bonds is 3. The molecule has 1 saturated heterocycles. The number of fused-ring (bicyclic) bond motifs is 1. The summed E-state index contributed by atoms with van der Waals surface area (Å²) in [7, 11) is 0. The highest BCUT2D eigenvalue weighted by atomic mass is 35.5. The number of halogens is 2. The topological polar surface area (TPSA) is 72.9 Å². The number of nitrogens with zero attached hydrogens (tertiary/aromatic N) is 5. The van der Waals surface area contributed by atoms with Gasteiger partial charge in [-0.15, -0.1) is 5.10 Å². The van der Waals surface area contributed by atoms with Crippen LogP contribution in [0.5, 0.6) is 0 Å². The first-order valence-electron chi connectivity index (χ1n) is 9.51. The fraction of sp³-hybridized carbons (Fsp3) is 0.190. The predicted octanol–water partition coefficient (Wildman–Crippen LogP) is 4.92. The van der Waals surface area contributed by atoms with Gasteiger partial charge in [0.2, 0.25) is 5.95 Å². The van der Waals surface area contributed by atoms with E-state index in [1.54, 1.807) is 16.8 Å². The van der Waals surface area contributed by atoms with Gasteiger partial charge >= 0.3 is 0 Å². The monoisotopic (exact) mass is 456 g/mol. The lowest BCUT2D eigenvalue weighted by Gasteiger charge is -2.26. The molecule has 6 nitrogen and oxygen atoms in total. The molecule has 152 valence electrons. The molecule has 5 rings (SSSR count). The molecule has 9 heteroatoms. The summed E-state index contributed by atoms with van der Waals surface area (Å²) in [4.78, 5) is 11.9. The molecule has 2 aromatic heterocycles. The predicted molar refractivity (Wildman–Crippen MR) is 126 cm³/mol. The minimum atomic E-state index is 0.439. The standard InChI is InChI=1S/C21H18Cl2N6S/c22-15-7-6-14(12-16(15)23)29-19(24)17-18(13-4-2-1-3-5-13)25-21(26-20(17)27-29)28-8-10-30-11-9-28/h1-7,12H,8-11,24H2. The van der Waals surface area contributed by atoms with Crippen LogP contribution in [-0.2, 0) is 0 Å². The van der Waals surface area contributed by atoms with E-state index < -0.39 is 0 Å². The van der Waals surface area contributed by atoms with Crippen molar-refractivity contribution in [1.29, 1.82) is 0 Å². The molecule has 0 aliphatic carbocycles. The van der Waals surface area contributed by atoms with Gasteiger partial charge in [0, 0.05) is 30.2 Å². The maximum atomic E-state index is 6.55. The van der Waals surface area contributed by atoms with Crippen LogP contribution >= 0.6 is 35.0 Å². The summed E-state index contributed by atoms with van der Waals surface area (Å²) in [5.41, 5.74) is 9.57. The zero-order valence-corrected chi connectivity index (χ0v) is 18.3. The van der Waals surface area contributed by atoms with E-state index in [9.17, 15) is 0 Å². The van der Waals surface area contributed by atoms with Crippen molar-refractivity contribution in [3.8, 4) is 16.9 Å². The molecule has 0 radical (unpaired) electrons. The summed E-state index contributed by atoms with van der Waals surface area (Å²) in [5.74, 6) is 3.26. The third-order valence-electron chi connectivity index (χ3n) is 5.05. The molecule has 4 aromatic rings. The minimum absolute atomic E-state index is 0.439. The Morgan fingerprint density at radius 3 is 2.43 bits per heavy atom. The van der Waals surface area contributed by atoms with E-state index in [2.05, 4.69) is 4.90 Å². The average Bonchev–Trinajstić information content (AvgIpc) is 3.13. The largest absolute Gasteiger partial charge is 0.383 e. The molecule has 0 unspecified atom stereocenters. The van der Waals surface area contributed by atoms with Gasteiger partial charge in [0.1, 0.15) is 5.82 Å². The second-order valence-electron chi connectivity index (χ2n) is 6.93. The van der Waals surface area contributed by atoms with Crippen LogP contribution in [0, 0.1) is 0 Å². The number of nitrogens with two attached hydrogens (primary N) is 1. The molecule has 2 N–H and O–H groups in total. The molecule has 30 heavy (non-hydrogen) atoms. The summed E-state index contributed by atoms with van der Waals surface area (Å²) in [6, 6.07) is 15.3. The molecule has 1 fully saturated rings. The van der Waals surface area contributed by atoms with Crippen LogP contribution in [0.25, 0.3) is 28.0 Å². The van der Waals surface area contributed by atoms with E-state index in [4.69, 9.17) is 44.0 Å². The first-order valence-corrected chi connectivity index (χ1v) is 11.4. The lowest BCUT2D eigenvalue weighted by Crippen LogP contribution is -2.33. The molecule has 2 aromatic carbocycles. The van der Waals surface area contributed by atoms with Gasteiger partial charge in [-0.3, -0.25) is 0 Å². The first kappa shape index (κ1) is 19.5. The van der Waals surface area contributed by atoms with Crippen LogP contribution in [-0.4, -0.2) is 44.3 Å². The van der Waals surface area contributed by atoms with Crippen molar-refractivity contribution < 1.29 is 0 Å². The third-order valence-corrected chi connectivity index (χ3v) is 6.73. The Morgan fingerprint density at radius 1 is 0.933 bits per heavy atom. The molecular weight excluding hydrogens is 439 g/mol. The van der Waals surface area contributed by atoms with Gasteiger partial charge < -0.3 is 10.6 Å². The zero-order valence-electron chi connectivity index (χ0n) is 15.9. The van der Waals surface area contributed by atoms with Crippen molar-refractivity contribution in [3.05, 3.63) is 58.6 Å². The normalized spacial score (nSPS) is 14.4. The van der Waals surface area contributed by atoms with Gasteiger partial charge in [-0.05, 0) is 18.2 Å². The van der Waals surface area contributed by atoms with Gasteiger partial charge in [0.05, 0.1) is 26.8 Å². The van der Waals surface area contributed by atoms with Crippen LogP contribution in [0.4, 0.5) is 11.8 Å². The van der Waals surface area contributed by atoms with Crippen LogP contribution < -0.4 is 10.6 Å². The number of anilines is 2. The van der Waals surface area contributed by atoms with Gasteiger partial charge in [-0.1, -0.05) is 53.5 Å². The van der Waals surface area contributed by atoms with E-state index in [0.717, 1.165) is 46.9 Å².